The Morgan fingerprint density at radius 1 is 1.12 bits per heavy atom. The van der Waals surface area contributed by atoms with E-state index in [0.717, 1.165) is 17.1 Å². The largest absolute Gasteiger partial charge is 0.497 e. The van der Waals surface area contributed by atoms with E-state index in [1.54, 1.807) is 43.2 Å². The Kier molecular flexibility index (Phi) is 5.51. The van der Waals surface area contributed by atoms with E-state index in [9.17, 15) is 4.79 Å². The van der Waals surface area contributed by atoms with Crippen LogP contribution >= 0.6 is 0 Å². The summed E-state index contributed by atoms with van der Waals surface area (Å²) in [6.07, 6.45) is -0.586. The number of nitrogens with zero attached hydrogens (tertiary/aromatic N) is 1. The topological polar surface area (TPSA) is 57.2 Å². The molecule has 0 N–H and O–H groups in total. The maximum absolute atomic E-state index is 12.8. The first-order valence-corrected chi connectivity index (χ1v) is 8.58. The van der Waals surface area contributed by atoms with Crippen LogP contribution in [0.2, 0.25) is 0 Å². The van der Waals surface area contributed by atoms with Crippen molar-refractivity contribution in [1.29, 1.82) is 0 Å². The summed E-state index contributed by atoms with van der Waals surface area (Å²) < 4.78 is 21.6. The fourth-order valence-electron chi connectivity index (χ4n) is 2.77. The van der Waals surface area contributed by atoms with Gasteiger partial charge >= 0.3 is 0 Å². The van der Waals surface area contributed by atoms with Crippen LogP contribution in [0.1, 0.15) is 19.4 Å². The van der Waals surface area contributed by atoms with E-state index >= 15 is 0 Å². The maximum atomic E-state index is 12.8. The molecule has 0 saturated carbocycles. The van der Waals surface area contributed by atoms with Gasteiger partial charge in [-0.15, -0.1) is 0 Å². The monoisotopic (exact) mass is 357 g/mol. The van der Waals surface area contributed by atoms with Crippen LogP contribution in [-0.4, -0.2) is 37.4 Å². The lowest BCUT2D eigenvalue weighted by Gasteiger charge is -2.25. The van der Waals surface area contributed by atoms with Crippen LogP contribution in [0.4, 0.5) is 0 Å². The summed E-state index contributed by atoms with van der Waals surface area (Å²) in [5, 5.41) is 0. The molecule has 0 aliphatic carbocycles. The predicted molar refractivity (Wildman–Crippen MR) is 96.7 cm³/mol. The molecule has 26 heavy (non-hydrogen) atoms. The minimum Gasteiger partial charge on any atom is -0.497 e. The van der Waals surface area contributed by atoms with Crippen molar-refractivity contribution in [2.45, 2.75) is 26.5 Å². The maximum Gasteiger partial charge on any atom is 0.263 e. The Hall–Kier alpha value is -2.89. The number of likely N-dealkylation sites (N-methyl/N-ethyl adjacent to an activating group) is 1. The van der Waals surface area contributed by atoms with E-state index in [1.807, 2.05) is 25.1 Å². The average molecular weight is 357 g/mol. The van der Waals surface area contributed by atoms with Gasteiger partial charge in [0.2, 0.25) is 6.79 Å². The zero-order valence-electron chi connectivity index (χ0n) is 15.2. The molecule has 138 valence electrons. The highest BCUT2D eigenvalue weighted by molar-refractivity contribution is 5.81. The second-order valence-corrected chi connectivity index (χ2v) is 5.98. The number of carbonyl (C=O) groups is 1. The highest BCUT2D eigenvalue weighted by Gasteiger charge is 2.22. The third kappa shape index (κ3) is 4.02. The van der Waals surface area contributed by atoms with Gasteiger partial charge < -0.3 is 23.8 Å². The smallest absolute Gasteiger partial charge is 0.263 e. The second-order valence-electron chi connectivity index (χ2n) is 5.98. The Morgan fingerprint density at radius 3 is 2.50 bits per heavy atom. The zero-order valence-corrected chi connectivity index (χ0v) is 15.2. The molecule has 2 aromatic carbocycles. The molecule has 2 aromatic rings. The van der Waals surface area contributed by atoms with Crippen molar-refractivity contribution in [3.8, 4) is 23.0 Å². The van der Waals surface area contributed by atoms with Crippen LogP contribution in [0.25, 0.3) is 0 Å². The van der Waals surface area contributed by atoms with Gasteiger partial charge in [0.05, 0.1) is 7.11 Å². The summed E-state index contributed by atoms with van der Waals surface area (Å²) in [5.74, 6) is 2.76. The molecule has 6 nitrogen and oxygen atoms in total. The van der Waals surface area contributed by atoms with E-state index in [0.29, 0.717) is 24.6 Å². The van der Waals surface area contributed by atoms with E-state index < -0.39 is 6.10 Å². The number of hydrogen-bond donors (Lipinski definition) is 0. The van der Waals surface area contributed by atoms with Crippen LogP contribution in [0.5, 0.6) is 23.0 Å². The standard InChI is InChI=1S/C20H23NO5/c1-4-21(12-15-5-10-18-19(11-15)25-13-24-18)20(22)14(2)26-17-8-6-16(23-3)7-9-17/h5-11,14H,4,12-13H2,1-3H3. The van der Waals surface area contributed by atoms with Crippen molar-refractivity contribution < 1.29 is 23.7 Å². The molecular formula is C20H23NO5. The lowest BCUT2D eigenvalue weighted by Crippen LogP contribution is -2.39. The van der Waals surface area contributed by atoms with Gasteiger partial charge in [-0.1, -0.05) is 6.07 Å². The number of hydrogen-bond acceptors (Lipinski definition) is 5. The molecule has 0 saturated heterocycles. The van der Waals surface area contributed by atoms with E-state index in [1.165, 1.54) is 0 Å². The number of carbonyl (C=O) groups excluding carboxylic acids is 1. The highest BCUT2D eigenvalue weighted by Crippen LogP contribution is 2.32. The third-order valence-electron chi connectivity index (χ3n) is 4.22. The van der Waals surface area contributed by atoms with Gasteiger partial charge in [0.1, 0.15) is 11.5 Å². The van der Waals surface area contributed by atoms with E-state index in [2.05, 4.69) is 0 Å². The molecule has 1 aliphatic rings. The van der Waals surface area contributed by atoms with Crippen LogP contribution in [-0.2, 0) is 11.3 Å². The normalized spacial score (nSPS) is 13.2. The van der Waals surface area contributed by atoms with Crippen LogP contribution in [0.3, 0.4) is 0 Å². The first kappa shape index (κ1) is 17.9. The average Bonchev–Trinajstić information content (AvgIpc) is 3.14. The molecule has 0 spiro atoms. The summed E-state index contributed by atoms with van der Waals surface area (Å²) in [5.41, 5.74) is 0.987. The van der Waals surface area contributed by atoms with Crippen LogP contribution in [0.15, 0.2) is 42.5 Å². The first-order chi connectivity index (χ1) is 12.6. The summed E-state index contributed by atoms with van der Waals surface area (Å²) in [6.45, 7) is 5.02. The summed E-state index contributed by atoms with van der Waals surface area (Å²) in [6, 6.07) is 12.9. The number of amides is 1. The molecule has 0 bridgehead atoms. The van der Waals surface area contributed by atoms with Gasteiger partial charge in [-0.25, -0.2) is 0 Å². The molecule has 0 aromatic heterocycles. The molecule has 1 heterocycles. The molecule has 0 fully saturated rings. The Morgan fingerprint density at radius 2 is 1.81 bits per heavy atom. The SMILES string of the molecule is CCN(Cc1ccc2c(c1)OCO2)C(=O)C(C)Oc1ccc(OC)cc1. The van der Waals surface area contributed by atoms with Crippen molar-refractivity contribution in [2.75, 3.05) is 20.4 Å². The van der Waals surface area contributed by atoms with Crippen molar-refractivity contribution >= 4 is 5.91 Å². The summed E-state index contributed by atoms with van der Waals surface area (Å²) in [7, 11) is 1.61. The van der Waals surface area contributed by atoms with Crippen molar-refractivity contribution in [3.05, 3.63) is 48.0 Å². The van der Waals surface area contributed by atoms with Gasteiger partial charge in [0.15, 0.2) is 17.6 Å². The van der Waals surface area contributed by atoms with Crippen molar-refractivity contribution in [1.82, 2.24) is 4.90 Å². The lowest BCUT2D eigenvalue weighted by molar-refractivity contribution is -0.138. The van der Waals surface area contributed by atoms with E-state index in [4.69, 9.17) is 18.9 Å². The number of ether oxygens (including phenoxy) is 4. The fourth-order valence-corrected chi connectivity index (χ4v) is 2.77. The Balaban J connectivity index is 1.63. The van der Waals surface area contributed by atoms with Gasteiger partial charge in [0.25, 0.3) is 5.91 Å². The number of rotatable bonds is 7. The highest BCUT2D eigenvalue weighted by atomic mass is 16.7. The minimum absolute atomic E-state index is 0.0685. The van der Waals surface area contributed by atoms with Crippen LogP contribution in [0, 0.1) is 0 Å². The molecule has 1 aliphatic heterocycles. The number of fused-ring (bicyclic) bond motifs is 1. The molecular weight excluding hydrogens is 334 g/mol. The van der Waals surface area contributed by atoms with Gasteiger partial charge in [-0.2, -0.15) is 0 Å². The lowest BCUT2D eigenvalue weighted by atomic mass is 10.1. The van der Waals surface area contributed by atoms with Gasteiger partial charge in [0, 0.05) is 13.1 Å². The van der Waals surface area contributed by atoms with Gasteiger partial charge in [-0.3, -0.25) is 4.79 Å². The molecule has 1 amide bonds. The van der Waals surface area contributed by atoms with Crippen LogP contribution < -0.4 is 18.9 Å². The fraction of sp³-hybridized carbons (Fsp3) is 0.350. The number of methoxy groups -OCH3 is 1. The van der Waals surface area contributed by atoms with E-state index in [-0.39, 0.29) is 12.7 Å². The molecule has 3 rings (SSSR count). The van der Waals surface area contributed by atoms with Crippen molar-refractivity contribution in [3.63, 3.8) is 0 Å². The Bertz CT molecular complexity index is 759. The molecule has 1 unspecified atom stereocenters. The number of benzene rings is 2. The van der Waals surface area contributed by atoms with Gasteiger partial charge in [-0.05, 0) is 55.8 Å². The second kappa shape index (κ2) is 7.99. The first-order valence-electron chi connectivity index (χ1n) is 8.58. The molecule has 6 heteroatoms. The molecule has 1 atom stereocenters. The molecule has 0 radical (unpaired) electrons. The minimum atomic E-state index is -0.586. The zero-order chi connectivity index (χ0) is 18.5. The summed E-state index contributed by atoms with van der Waals surface area (Å²) in [4.78, 5) is 14.5. The summed E-state index contributed by atoms with van der Waals surface area (Å²) >= 11 is 0. The van der Waals surface area contributed by atoms with Crippen molar-refractivity contribution in [2.24, 2.45) is 0 Å². The predicted octanol–water partition coefficient (Wildman–Crippen LogP) is 3.24. The third-order valence-corrected chi connectivity index (χ3v) is 4.22. The quantitative estimate of drug-likeness (QED) is 0.761. The Labute approximate surface area is 153 Å².